The van der Waals surface area contributed by atoms with Gasteiger partial charge in [-0.2, -0.15) is 0 Å². The van der Waals surface area contributed by atoms with Crippen LogP contribution < -0.4 is 5.32 Å². The highest BCUT2D eigenvalue weighted by atomic mass is 35.5. The summed E-state index contributed by atoms with van der Waals surface area (Å²) in [6.45, 7) is 0. The van der Waals surface area contributed by atoms with Gasteiger partial charge in [0.05, 0.1) is 21.7 Å². The minimum atomic E-state index is -0.533. The number of carbonyl (C=O) groups excluding carboxylic acids is 1. The first-order valence-corrected chi connectivity index (χ1v) is 8.69. The monoisotopic (exact) mass is 388 g/mol. The third-order valence-electron chi connectivity index (χ3n) is 3.96. The molecule has 0 bridgehead atoms. The number of halogens is 3. The molecule has 0 fully saturated rings. The van der Waals surface area contributed by atoms with Crippen molar-refractivity contribution in [3.63, 3.8) is 0 Å². The van der Waals surface area contributed by atoms with E-state index in [4.69, 9.17) is 23.2 Å². The van der Waals surface area contributed by atoms with Crippen molar-refractivity contribution in [3.05, 3.63) is 94.0 Å². The lowest BCUT2D eigenvalue weighted by molar-refractivity contribution is -0.117. The number of amides is 1. The summed E-state index contributed by atoms with van der Waals surface area (Å²) in [5, 5.41) is 3.45. The molecule has 0 aliphatic carbocycles. The average Bonchev–Trinajstić information content (AvgIpc) is 2.65. The van der Waals surface area contributed by atoms with E-state index < -0.39 is 5.92 Å². The lowest BCUT2D eigenvalue weighted by Gasteiger charge is -2.18. The Hall–Kier alpha value is -2.43. The lowest BCUT2D eigenvalue weighted by atomic mass is 9.91. The second-order valence-corrected chi connectivity index (χ2v) is 6.55. The molecule has 1 aromatic heterocycles. The molecule has 2 aromatic carbocycles. The van der Waals surface area contributed by atoms with Crippen LogP contribution >= 0.6 is 23.2 Å². The van der Waals surface area contributed by atoms with Gasteiger partial charge in [-0.1, -0.05) is 47.5 Å². The summed E-state index contributed by atoms with van der Waals surface area (Å²) in [5.41, 5.74) is 2.03. The van der Waals surface area contributed by atoms with Gasteiger partial charge in [-0.05, 0) is 47.9 Å². The highest BCUT2D eigenvalue weighted by Crippen LogP contribution is 2.31. The fraction of sp³-hybridized carbons (Fsp3) is 0.100. The molecular formula is C20H15Cl2FN2O. The van der Waals surface area contributed by atoms with Gasteiger partial charge in [0.2, 0.25) is 5.91 Å². The molecule has 0 radical (unpaired) electrons. The normalized spacial score (nSPS) is 11.8. The fourth-order valence-corrected chi connectivity index (χ4v) is 2.98. The summed E-state index contributed by atoms with van der Waals surface area (Å²) in [5.74, 6) is -1.15. The third kappa shape index (κ3) is 4.40. The van der Waals surface area contributed by atoms with Gasteiger partial charge in [-0.3, -0.25) is 9.78 Å². The number of aromatic nitrogens is 1. The van der Waals surface area contributed by atoms with Crippen LogP contribution in [-0.4, -0.2) is 10.9 Å². The Morgan fingerprint density at radius 2 is 1.85 bits per heavy atom. The fourth-order valence-electron chi connectivity index (χ4n) is 2.63. The maximum absolute atomic E-state index is 13.3. The lowest BCUT2D eigenvalue weighted by Crippen LogP contribution is -2.23. The van der Waals surface area contributed by atoms with Crippen molar-refractivity contribution in [2.24, 2.45) is 0 Å². The van der Waals surface area contributed by atoms with Crippen molar-refractivity contribution >= 4 is 34.8 Å². The molecule has 1 unspecified atom stereocenters. The van der Waals surface area contributed by atoms with Gasteiger partial charge >= 0.3 is 0 Å². The zero-order chi connectivity index (χ0) is 18.5. The van der Waals surface area contributed by atoms with Crippen molar-refractivity contribution in [1.29, 1.82) is 0 Å². The average molecular weight is 389 g/mol. The predicted octanol–water partition coefficient (Wildman–Crippen LogP) is 5.49. The van der Waals surface area contributed by atoms with Gasteiger partial charge in [0.15, 0.2) is 0 Å². The predicted molar refractivity (Wildman–Crippen MR) is 102 cm³/mol. The zero-order valence-electron chi connectivity index (χ0n) is 13.6. The van der Waals surface area contributed by atoms with E-state index in [1.807, 2.05) is 12.1 Å². The van der Waals surface area contributed by atoms with Crippen LogP contribution in [0.1, 0.15) is 17.0 Å². The minimum absolute atomic E-state index is 0.260. The van der Waals surface area contributed by atoms with Gasteiger partial charge in [0, 0.05) is 12.4 Å². The number of nitrogens with zero attached hydrogens (tertiary/aromatic N) is 1. The number of pyridine rings is 1. The van der Waals surface area contributed by atoms with Crippen molar-refractivity contribution in [3.8, 4) is 0 Å². The van der Waals surface area contributed by atoms with E-state index in [0.29, 0.717) is 22.7 Å². The standard InChI is InChI=1S/C20H15Cl2FN2O/c21-17-4-1-5-18(19(17)22)25-20(26)16(11-13-3-2-10-24-12-13)14-6-8-15(23)9-7-14/h1-10,12,16H,11H2,(H,25,26). The molecule has 1 atom stereocenters. The Kier molecular flexibility index (Phi) is 5.86. The van der Waals surface area contributed by atoms with Gasteiger partial charge < -0.3 is 5.32 Å². The van der Waals surface area contributed by atoms with Crippen molar-refractivity contribution < 1.29 is 9.18 Å². The molecule has 3 aromatic rings. The first-order chi connectivity index (χ1) is 12.5. The summed E-state index contributed by atoms with van der Waals surface area (Å²) in [4.78, 5) is 17.0. The molecule has 3 rings (SSSR count). The van der Waals surface area contributed by atoms with Crippen LogP contribution in [0.5, 0.6) is 0 Å². The summed E-state index contributed by atoms with van der Waals surface area (Å²) in [7, 11) is 0. The van der Waals surface area contributed by atoms with Crippen LogP contribution in [0.2, 0.25) is 10.0 Å². The number of nitrogens with one attached hydrogen (secondary N) is 1. The molecule has 3 nitrogen and oxygen atoms in total. The summed E-state index contributed by atoms with van der Waals surface area (Å²) in [6, 6.07) is 14.6. The Bertz CT molecular complexity index is 901. The van der Waals surface area contributed by atoms with Crippen molar-refractivity contribution in [2.75, 3.05) is 5.32 Å². The van der Waals surface area contributed by atoms with Crippen LogP contribution in [-0.2, 0) is 11.2 Å². The smallest absolute Gasteiger partial charge is 0.232 e. The quantitative estimate of drug-likeness (QED) is 0.627. The number of anilines is 1. The maximum atomic E-state index is 13.3. The van der Waals surface area contributed by atoms with Crippen LogP contribution in [0.4, 0.5) is 10.1 Å². The number of carbonyl (C=O) groups is 1. The molecule has 0 spiro atoms. The van der Waals surface area contributed by atoms with Crippen LogP contribution in [0.3, 0.4) is 0 Å². The van der Waals surface area contributed by atoms with E-state index in [9.17, 15) is 9.18 Å². The molecular weight excluding hydrogens is 374 g/mol. The Labute approximate surface area is 160 Å². The van der Waals surface area contributed by atoms with Crippen LogP contribution in [0.15, 0.2) is 67.0 Å². The Morgan fingerprint density at radius 3 is 2.54 bits per heavy atom. The molecule has 0 aliphatic rings. The second kappa shape index (κ2) is 8.30. The van der Waals surface area contributed by atoms with Gasteiger partial charge in [0.1, 0.15) is 5.82 Å². The molecule has 1 N–H and O–H groups in total. The van der Waals surface area contributed by atoms with Crippen LogP contribution in [0, 0.1) is 5.82 Å². The second-order valence-electron chi connectivity index (χ2n) is 5.76. The van der Waals surface area contributed by atoms with E-state index in [2.05, 4.69) is 10.3 Å². The SMILES string of the molecule is O=C(Nc1cccc(Cl)c1Cl)C(Cc1cccnc1)c1ccc(F)cc1. The van der Waals surface area contributed by atoms with Crippen molar-refractivity contribution in [2.45, 2.75) is 12.3 Å². The summed E-state index contributed by atoms with van der Waals surface area (Å²) in [6.07, 6.45) is 3.79. The third-order valence-corrected chi connectivity index (χ3v) is 4.78. The van der Waals surface area contributed by atoms with Gasteiger partial charge in [0.25, 0.3) is 0 Å². The van der Waals surface area contributed by atoms with Crippen molar-refractivity contribution in [1.82, 2.24) is 4.98 Å². The molecule has 26 heavy (non-hydrogen) atoms. The molecule has 132 valence electrons. The molecule has 0 aliphatic heterocycles. The summed E-state index contributed by atoms with van der Waals surface area (Å²) < 4.78 is 13.3. The molecule has 6 heteroatoms. The largest absolute Gasteiger partial charge is 0.324 e. The van der Waals surface area contributed by atoms with Crippen LogP contribution in [0.25, 0.3) is 0 Å². The first kappa shape index (κ1) is 18.4. The van der Waals surface area contributed by atoms with Gasteiger partial charge in [-0.15, -0.1) is 0 Å². The number of rotatable bonds is 5. The Morgan fingerprint density at radius 1 is 1.08 bits per heavy atom. The van der Waals surface area contributed by atoms with Gasteiger partial charge in [-0.25, -0.2) is 4.39 Å². The number of hydrogen-bond acceptors (Lipinski definition) is 2. The summed E-state index contributed by atoms with van der Waals surface area (Å²) >= 11 is 12.2. The maximum Gasteiger partial charge on any atom is 0.232 e. The number of benzene rings is 2. The zero-order valence-corrected chi connectivity index (χ0v) is 15.1. The van der Waals surface area contributed by atoms with E-state index in [1.165, 1.54) is 12.1 Å². The first-order valence-electron chi connectivity index (χ1n) is 7.94. The number of hydrogen-bond donors (Lipinski definition) is 1. The highest BCUT2D eigenvalue weighted by molar-refractivity contribution is 6.44. The molecule has 0 saturated carbocycles. The minimum Gasteiger partial charge on any atom is -0.324 e. The van der Waals surface area contributed by atoms with E-state index in [1.54, 1.807) is 42.7 Å². The topological polar surface area (TPSA) is 42.0 Å². The molecule has 1 amide bonds. The van der Waals surface area contributed by atoms with E-state index >= 15 is 0 Å². The van der Waals surface area contributed by atoms with E-state index in [-0.39, 0.29) is 16.7 Å². The van der Waals surface area contributed by atoms with E-state index in [0.717, 1.165) is 5.56 Å². The highest BCUT2D eigenvalue weighted by Gasteiger charge is 2.22. The molecule has 1 heterocycles. The molecule has 0 saturated heterocycles. The Balaban J connectivity index is 1.90.